The first-order chi connectivity index (χ1) is 5.57. The average Bonchev–Trinajstić information content (AvgIpc) is 1.98. The second-order valence-corrected chi connectivity index (χ2v) is 2.47. The van der Waals surface area contributed by atoms with Gasteiger partial charge in [-0.3, -0.25) is 14.9 Å². The predicted molar refractivity (Wildman–Crippen MR) is 46.3 cm³/mol. The van der Waals surface area contributed by atoms with Crippen molar-refractivity contribution in [3.8, 4) is 0 Å². The molecule has 0 aliphatic rings. The third-order valence-electron chi connectivity index (χ3n) is 1.26. The van der Waals surface area contributed by atoms with E-state index in [2.05, 4.69) is 5.32 Å². The van der Waals surface area contributed by atoms with Gasteiger partial charge < -0.3 is 5.73 Å². The van der Waals surface area contributed by atoms with E-state index >= 15 is 0 Å². The highest BCUT2D eigenvalue weighted by atomic mass is 16.2. The molecule has 0 fully saturated rings. The van der Waals surface area contributed by atoms with Crippen LogP contribution < -0.4 is 11.1 Å². The standard InChI is InChI=1S/C8H14N2O2/c1-6(4-3-5-9)8(12)10-7(2)11/h4H,3,5,9H2,1-2H3,(H,10,11,12). The zero-order valence-corrected chi connectivity index (χ0v) is 7.39. The molecule has 0 aromatic carbocycles. The molecule has 0 saturated heterocycles. The monoisotopic (exact) mass is 170 g/mol. The number of hydrogen-bond acceptors (Lipinski definition) is 3. The Bertz CT molecular complexity index is 209. The summed E-state index contributed by atoms with van der Waals surface area (Å²) in [5.74, 6) is -0.698. The zero-order valence-electron chi connectivity index (χ0n) is 7.39. The van der Waals surface area contributed by atoms with Crippen LogP contribution in [0, 0.1) is 0 Å². The van der Waals surface area contributed by atoms with Crippen LogP contribution in [0.1, 0.15) is 20.3 Å². The number of amides is 2. The maximum Gasteiger partial charge on any atom is 0.253 e. The number of hydrogen-bond donors (Lipinski definition) is 2. The molecule has 0 aromatic rings. The summed E-state index contributed by atoms with van der Waals surface area (Å²) in [5, 5.41) is 2.16. The topological polar surface area (TPSA) is 72.2 Å². The van der Waals surface area contributed by atoms with Gasteiger partial charge in [0.05, 0.1) is 0 Å². The second-order valence-electron chi connectivity index (χ2n) is 2.47. The van der Waals surface area contributed by atoms with Crippen LogP contribution >= 0.6 is 0 Å². The van der Waals surface area contributed by atoms with E-state index < -0.39 is 0 Å². The van der Waals surface area contributed by atoms with Crippen LogP contribution in [0.4, 0.5) is 0 Å². The number of nitrogens with two attached hydrogens (primary N) is 1. The van der Waals surface area contributed by atoms with Crippen LogP contribution in [0.15, 0.2) is 11.6 Å². The predicted octanol–water partition coefficient (Wildman–Crippen LogP) is -0.0558. The molecule has 2 amide bonds. The van der Waals surface area contributed by atoms with Crippen LogP contribution in [0.5, 0.6) is 0 Å². The number of carbonyl (C=O) groups is 2. The molecule has 3 N–H and O–H groups in total. The summed E-state index contributed by atoms with van der Waals surface area (Å²) in [6.45, 7) is 3.45. The van der Waals surface area contributed by atoms with Gasteiger partial charge in [0.15, 0.2) is 0 Å². The van der Waals surface area contributed by atoms with Crippen molar-refractivity contribution in [1.82, 2.24) is 5.32 Å². The van der Waals surface area contributed by atoms with E-state index in [-0.39, 0.29) is 11.8 Å². The van der Waals surface area contributed by atoms with Crippen molar-refractivity contribution in [2.24, 2.45) is 5.73 Å². The molecule has 0 aromatic heterocycles. The molecular formula is C8H14N2O2. The molecule has 0 bridgehead atoms. The largest absolute Gasteiger partial charge is 0.330 e. The Balaban J connectivity index is 4.00. The van der Waals surface area contributed by atoms with Crippen LogP contribution in [-0.4, -0.2) is 18.4 Å². The molecule has 0 unspecified atom stereocenters. The molecule has 0 spiro atoms. The third-order valence-corrected chi connectivity index (χ3v) is 1.26. The smallest absolute Gasteiger partial charge is 0.253 e. The summed E-state index contributed by atoms with van der Waals surface area (Å²) in [5.41, 5.74) is 5.76. The Morgan fingerprint density at radius 2 is 2.00 bits per heavy atom. The van der Waals surface area contributed by atoms with E-state index in [9.17, 15) is 9.59 Å². The molecule has 4 heteroatoms. The van der Waals surface area contributed by atoms with Gasteiger partial charge >= 0.3 is 0 Å². The molecule has 0 rings (SSSR count). The van der Waals surface area contributed by atoms with Crippen molar-refractivity contribution in [3.05, 3.63) is 11.6 Å². The molecule has 0 aliphatic heterocycles. The van der Waals surface area contributed by atoms with Gasteiger partial charge in [-0.15, -0.1) is 0 Å². The number of carbonyl (C=O) groups excluding carboxylic acids is 2. The minimum absolute atomic E-state index is 0.347. The van der Waals surface area contributed by atoms with Crippen LogP contribution in [0.3, 0.4) is 0 Å². The second kappa shape index (κ2) is 5.49. The Labute approximate surface area is 71.8 Å². The summed E-state index contributed by atoms with van der Waals surface area (Å²) in [4.78, 5) is 21.5. The van der Waals surface area contributed by atoms with Gasteiger partial charge in [0.25, 0.3) is 5.91 Å². The first-order valence-electron chi connectivity index (χ1n) is 3.76. The lowest BCUT2D eigenvalue weighted by molar-refractivity contribution is -0.127. The Hall–Kier alpha value is -1.16. The molecular weight excluding hydrogens is 156 g/mol. The highest BCUT2D eigenvalue weighted by Crippen LogP contribution is 1.93. The first kappa shape index (κ1) is 10.8. The van der Waals surface area contributed by atoms with Crippen LogP contribution in [0.25, 0.3) is 0 Å². The summed E-state index contributed by atoms with van der Waals surface area (Å²) in [6.07, 6.45) is 2.36. The summed E-state index contributed by atoms with van der Waals surface area (Å²) < 4.78 is 0. The van der Waals surface area contributed by atoms with Gasteiger partial charge in [-0.1, -0.05) is 6.08 Å². The molecule has 0 radical (unpaired) electrons. The summed E-state index contributed by atoms with van der Waals surface area (Å²) in [7, 11) is 0. The van der Waals surface area contributed by atoms with E-state index in [0.29, 0.717) is 18.5 Å². The molecule has 0 aliphatic carbocycles. The SMILES string of the molecule is CC(=O)NC(=O)C(C)=CCCN. The Morgan fingerprint density at radius 1 is 1.42 bits per heavy atom. The van der Waals surface area contributed by atoms with E-state index in [0.717, 1.165) is 0 Å². The van der Waals surface area contributed by atoms with Gasteiger partial charge in [0, 0.05) is 12.5 Å². The summed E-state index contributed by atoms with van der Waals surface area (Å²) in [6, 6.07) is 0. The average molecular weight is 170 g/mol. The van der Waals surface area contributed by atoms with E-state index in [1.54, 1.807) is 13.0 Å². The molecule has 12 heavy (non-hydrogen) atoms. The molecule has 4 nitrogen and oxygen atoms in total. The Morgan fingerprint density at radius 3 is 2.42 bits per heavy atom. The fraction of sp³-hybridized carbons (Fsp3) is 0.500. The first-order valence-corrected chi connectivity index (χ1v) is 3.76. The number of imide groups is 1. The third kappa shape index (κ3) is 4.62. The molecule has 0 saturated carbocycles. The van der Waals surface area contributed by atoms with Crippen molar-refractivity contribution >= 4 is 11.8 Å². The molecule has 68 valence electrons. The van der Waals surface area contributed by atoms with Gasteiger partial charge in [0.1, 0.15) is 0 Å². The maximum atomic E-state index is 11.0. The van der Waals surface area contributed by atoms with Crippen molar-refractivity contribution in [2.75, 3.05) is 6.54 Å². The van der Waals surface area contributed by atoms with E-state index in [1.165, 1.54) is 6.92 Å². The maximum absolute atomic E-state index is 11.0. The fourth-order valence-electron chi connectivity index (χ4n) is 0.651. The van der Waals surface area contributed by atoms with Crippen LogP contribution in [0.2, 0.25) is 0 Å². The van der Waals surface area contributed by atoms with Crippen LogP contribution in [-0.2, 0) is 9.59 Å². The highest BCUT2D eigenvalue weighted by Gasteiger charge is 2.04. The van der Waals surface area contributed by atoms with Gasteiger partial charge in [-0.2, -0.15) is 0 Å². The normalized spacial score (nSPS) is 11.1. The van der Waals surface area contributed by atoms with Gasteiger partial charge in [-0.05, 0) is 19.9 Å². The zero-order chi connectivity index (χ0) is 9.56. The lowest BCUT2D eigenvalue weighted by Gasteiger charge is -1.99. The minimum Gasteiger partial charge on any atom is -0.330 e. The molecule has 0 heterocycles. The Kier molecular flexibility index (Phi) is 4.96. The number of nitrogens with one attached hydrogen (secondary N) is 1. The summed E-state index contributed by atoms with van der Waals surface area (Å²) >= 11 is 0. The van der Waals surface area contributed by atoms with Gasteiger partial charge in [0.2, 0.25) is 5.91 Å². The van der Waals surface area contributed by atoms with Crippen molar-refractivity contribution < 1.29 is 9.59 Å². The van der Waals surface area contributed by atoms with Crippen molar-refractivity contribution in [1.29, 1.82) is 0 Å². The quantitative estimate of drug-likeness (QED) is 0.583. The lowest BCUT2D eigenvalue weighted by Crippen LogP contribution is -2.28. The van der Waals surface area contributed by atoms with Gasteiger partial charge in [-0.25, -0.2) is 0 Å². The van der Waals surface area contributed by atoms with E-state index in [4.69, 9.17) is 5.73 Å². The number of rotatable bonds is 3. The van der Waals surface area contributed by atoms with E-state index in [1.807, 2.05) is 0 Å². The minimum atomic E-state index is -0.351. The van der Waals surface area contributed by atoms with Crippen molar-refractivity contribution in [3.63, 3.8) is 0 Å². The molecule has 0 atom stereocenters. The van der Waals surface area contributed by atoms with Crippen molar-refractivity contribution in [2.45, 2.75) is 20.3 Å². The lowest BCUT2D eigenvalue weighted by atomic mass is 10.2. The highest BCUT2D eigenvalue weighted by molar-refractivity contribution is 6.03. The fourth-order valence-corrected chi connectivity index (χ4v) is 0.651.